The van der Waals surface area contributed by atoms with Crippen molar-refractivity contribution >= 4 is 46.1 Å². The second kappa shape index (κ2) is 10.8. The van der Waals surface area contributed by atoms with Gasteiger partial charge < -0.3 is 16.0 Å². The summed E-state index contributed by atoms with van der Waals surface area (Å²) in [5, 5.41) is 16.2. The molecule has 2 amide bonds. The van der Waals surface area contributed by atoms with Gasteiger partial charge in [-0.1, -0.05) is 37.3 Å². The molecule has 1 unspecified atom stereocenters. The molecule has 8 nitrogen and oxygen atoms in total. The number of nitrogens with one attached hydrogen (secondary N) is 4. The van der Waals surface area contributed by atoms with E-state index in [1.54, 1.807) is 24.7 Å². The second-order valence-electron chi connectivity index (χ2n) is 8.29. The lowest BCUT2D eigenvalue weighted by atomic mass is 9.97. The number of anilines is 2. The van der Waals surface area contributed by atoms with E-state index in [4.69, 9.17) is 11.6 Å². The number of carbonyl (C=O) groups is 2. The topological polar surface area (TPSA) is 112 Å². The lowest BCUT2D eigenvalue weighted by Gasteiger charge is -2.21. The van der Waals surface area contributed by atoms with Crippen molar-refractivity contribution in [1.82, 2.24) is 20.5 Å². The van der Waals surface area contributed by atoms with Crippen molar-refractivity contribution in [3.63, 3.8) is 0 Å². The van der Waals surface area contributed by atoms with Crippen LogP contribution in [0.4, 0.5) is 11.4 Å². The summed E-state index contributed by atoms with van der Waals surface area (Å²) in [5.74, 6) is -0.0146. The van der Waals surface area contributed by atoms with Gasteiger partial charge in [-0.3, -0.25) is 19.7 Å². The molecule has 1 aliphatic rings. The van der Waals surface area contributed by atoms with Gasteiger partial charge in [-0.15, -0.1) is 11.3 Å². The molecule has 0 aliphatic heterocycles. The van der Waals surface area contributed by atoms with Crippen LogP contribution < -0.4 is 16.0 Å². The van der Waals surface area contributed by atoms with E-state index in [1.165, 1.54) is 24.2 Å². The molecule has 0 saturated heterocycles. The van der Waals surface area contributed by atoms with Crippen molar-refractivity contribution in [3.8, 4) is 0 Å². The molecule has 1 fully saturated rings. The van der Waals surface area contributed by atoms with Crippen molar-refractivity contribution in [2.45, 2.75) is 51.6 Å². The Hall–Kier alpha value is -2.91. The van der Waals surface area contributed by atoms with Crippen LogP contribution in [0.2, 0.25) is 5.02 Å². The molecule has 0 aromatic carbocycles. The Bertz CT molecular complexity index is 1090. The van der Waals surface area contributed by atoms with Gasteiger partial charge >= 0.3 is 0 Å². The zero-order valence-electron chi connectivity index (χ0n) is 18.4. The number of pyridine rings is 1. The summed E-state index contributed by atoms with van der Waals surface area (Å²) in [6, 6.07) is 4.94. The largest absolute Gasteiger partial charge is 0.379 e. The number of hydrogen-bond acceptors (Lipinski definition) is 6. The maximum absolute atomic E-state index is 13.0. The lowest BCUT2D eigenvalue weighted by molar-refractivity contribution is -0.118. The van der Waals surface area contributed by atoms with Crippen molar-refractivity contribution in [1.29, 1.82) is 0 Å². The molecule has 174 valence electrons. The number of H-pyrrole nitrogens is 1. The van der Waals surface area contributed by atoms with Crippen LogP contribution in [0.5, 0.6) is 0 Å². The van der Waals surface area contributed by atoms with Gasteiger partial charge in [0.2, 0.25) is 5.91 Å². The van der Waals surface area contributed by atoms with E-state index in [9.17, 15) is 9.59 Å². The normalized spacial score (nSPS) is 14.7. The van der Waals surface area contributed by atoms with Crippen LogP contribution >= 0.6 is 22.9 Å². The molecule has 4 N–H and O–H groups in total. The van der Waals surface area contributed by atoms with Gasteiger partial charge in [0.1, 0.15) is 6.04 Å². The van der Waals surface area contributed by atoms with Crippen LogP contribution in [0, 0.1) is 12.8 Å². The molecule has 1 aliphatic carbocycles. The van der Waals surface area contributed by atoms with Gasteiger partial charge in [-0.2, -0.15) is 5.10 Å². The quantitative estimate of drug-likeness (QED) is 0.348. The van der Waals surface area contributed by atoms with E-state index in [-0.39, 0.29) is 11.8 Å². The molecule has 3 aromatic heterocycles. The highest BCUT2D eigenvalue weighted by Crippen LogP contribution is 2.29. The molecule has 0 radical (unpaired) electrons. The maximum Gasteiger partial charge on any atom is 0.262 e. The summed E-state index contributed by atoms with van der Waals surface area (Å²) in [6.07, 6.45) is 9.95. The number of rotatable bonds is 9. The summed E-state index contributed by atoms with van der Waals surface area (Å²) in [4.78, 5) is 31.7. The van der Waals surface area contributed by atoms with Crippen LogP contribution in [0.3, 0.4) is 0 Å². The smallest absolute Gasteiger partial charge is 0.262 e. The summed E-state index contributed by atoms with van der Waals surface area (Å²) in [5.41, 5.74) is 2.29. The highest BCUT2D eigenvalue weighted by Gasteiger charge is 2.27. The number of aryl methyl sites for hydroxylation is 1. The molecule has 1 atom stereocenters. The predicted molar refractivity (Wildman–Crippen MR) is 131 cm³/mol. The lowest BCUT2D eigenvalue weighted by Crippen LogP contribution is -2.44. The van der Waals surface area contributed by atoms with Gasteiger partial charge in [-0.05, 0) is 37.5 Å². The first kappa shape index (κ1) is 23.3. The first-order valence-corrected chi connectivity index (χ1v) is 12.2. The van der Waals surface area contributed by atoms with E-state index in [2.05, 4.69) is 31.1 Å². The molecule has 3 heterocycles. The maximum atomic E-state index is 13.0. The third-order valence-electron chi connectivity index (χ3n) is 5.82. The average molecular weight is 487 g/mol. The zero-order valence-corrected chi connectivity index (χ0v) is 19.9. The fraction of sp³-hybridized carbons (Fsp3) is 0.391. The highest BCUT2D eigenvalue weighted by molar-refractivity contribution is 7.14. The summed E-state index contributed by atoms with van der Waals surface area (Å²) in [7, 11) is 0. The van der Waals surface area contributed by atoms with Crippen molar-refractivity contribution < 1.29 is 9.59 Å². The van der Waals surface area contributed by atoms with E-state index >= 15 is 0 Å². The number of hydrogen-bond donors (Lipinski definition) is 4. The van der Waals surface area contributed by atoms with E-state index < -0.39 is 6.04 Å². The van der Waals surface area contributed by atoms with E-state index in [1.807, 2.05) is 19.1 Å². The SMILES string of the molecule is Cc1ncc(Cl)cc1NCc1ccc(C(=O)NC(CC2CCCC2)C(=O)Nc2cn[nH]c2)s1. The number of amides is 2. The molecule has 33 heavy (non-hydrogen) atoms. The summed E-state index contributed by atoms with van der Waals surface area (Å²) in [6.45, 7) is 2.46. The Morgan fingerprint density at radius 2 is 2.09 bits per heavy atom. The highest BCUT2D eigenvalue weighted by atomic mass is 35.5. The molecule has 0 spiro atoms. The zero-order chi connectivity index (χ0) is 23.2. The number of halogens is 1. The minimum absolute atomic E-state index is 0.223. The Morgan fingerprint density at radius 3 is 2.85 bits per heavy atom. The summed E-state index contributed by atoms with van der Waals surface area (Å²) < 4.78 is 0. The van der Waals surface area contributed by atoms with Crippen molar-refractivity contribution in [3.05, 3.63) is 57.3 Å². The van der Waals surface area contributed by atoms with Crippen LogP contribution in [-0.4, -0.2) is 33.0 Å². The third kappa shape index (κ3) is 6.33. The molecule has 1 saturated carbocycles. The predicted octanol–water partition coefficient (Wildman–Crippen LogP) is 4.76. The fourth-order valence-electron chi connectivity index (χ4n) is 4.05. The third-order valence-corrected chi connectivity index (χ3v) is 7.11. The van der Waals surface area contributed by atoms with Crippen LogP contribution in [0.25, 0.3) is 0 Å². The molecule has 3 aromatic rings. The second-order valence-corrected chi connectivity index (χ2v) is 9.90. The first-order chi connectivity index (χ1) is 16.0. The molecular weight excluding hydrogens is 460 g/mol. The average Bonchev–Trinajstić information content (AvgIpc) is 3.57. The van der Waals surface area contributed by atoms with Gasteiger partial charge in [0, 0.05) is 23.8 Å². The van der Waals surface area contributed by atoms with Crippen LogP contribution in [-0.2, 0) is 11.3 Å². The number of carbonyl (C=O) groups excluding carboxylic acids is 2. The summed E-state index contributed by atoms with van der Waals surface area (Å²) >= 11 is 7.43. The van der Waals surface area contributed by atoms with Gasteiger partial charge in [-0.25, -0.2) is 0 Å². The minimum atomic E-state index is -0.598. The van der Waals surface area contributed by atoms with Crippen molar-refractivity contribution in [2.75, 3.05) is 10.6 Å². The van der Waals surface area contributed by atoms with Gasteiger partial charge in [0.05, 0.1) is 33.2 Å². The number of aromatic nitrogens is 3. The number of thiophene rings is 1. The Balaban J connectivity index is 1.39. The number of nitrogens with zero attached hydrogens (tertiary/aromatic N) is 2. The van der Waals surface area contributed by atoms with Gasteiger partial charge in [0.15, 0.2) is 0 Å². The van der Waals surface area contributed by atoms with E-state index in [0.717, 1.165) is 29.1 Å². The molecule has 0 bridgehead atoms. The Labute approximate surface area is 201 Å². The van der Waals surface area contributed by atoms with Crippen molar-refractivity contribution in [2.24, 2.45) is 5.92 Å². The minimum Gasteiger partial charge on any atom is -0.379 e. The van der Waals surface area contributed by atoms with Crippen LogP contribution in [0.1, 0.15) is 52.3 Å². The number of aromatic amines is 1. The Kier molecular flexibility index (Phi) is 7.61. The molecule has 4 rings (SSSR count). The van der Waals surface area contributed by atoms with Gasteiger partial charge in [0.25, 0.3) is 5.91 Å². The first-order valence-electron chi connectivity index (χ1n) is 11.0. The standard InChI is InChI=1S/C23H27ClN6O2S/c1-14-19(9-16(24)10-25-14)26-13-18-6-7-21(33-18)23(32)30-20(8-15-4-2-3-5-15)22(31)29-17-11-27-28-12-17/h6-7,9-12,15,20,26H,2-5,8,13H2,1H3,(H,27,28)(H,29,31)(H,30,32). The monoisotopic (exact) mass is 486 g/mol. The fourth-order valence-corrected chi connectivity index (χ4v) is 5.06. The Morgan fingerprint density at radius 1 is 1.27 bits per heavy atom. The van der Waals surface area contributed by atoms with E-state index in [0.29, 0.717) is 34.5 Å². The van der Waals surface area contributed by atoms with Crippen LogP contribution in [0.15, 0.2) is 36.8 Å². The molecular formula is C23H27ClN6O2S. The molecule has 10 heteroatoms.